The van der Waals surface area contributed by atoms with E-state index < -0.39 is 6.09 Å². The zero-order chi connectivity index (χ0) is 11.0. The lowest BCUT2D eigenvalue weighted by Crippen LogP contribution is -2.44. The van der Waals surface area contributed by atoms with Gasteiger partial charge in [0.1, 0.15) is 0 Å². The number of hydrazine groups is 1. The van der Waals surface area contributed by atoms with Gasteiger partial charge in [-0.25, -0.2) is 14.8 Å². The third kappa shape index (κ3) is 1.38. The lowest BCUT2D eigenvalue weighted by Gasteiger charge is -2.25. The van der Waals surface area contributed by atoms with Crippen LogP contribution in [0.25, 0.3) is 0 Å². The summed E-state index contributed by atoms with van der Waals surface area (Å²) in [6, 6.07) is 0.0918. The molecule has 5 heteroatoms. The molecule has 2 heterocycles. The fraction of sp³-hybridized carbons (Fsp3) is 0.600. The zero-order valence-corrected chi connectivity index (χ0v) is 8.68. The van der Waals surface area contributed by atoms with E-state index in [4.69, 9.17) is 0 Å². The summed E-state index contributed by atoms with van der Waals surface area (Å²) in [5, 5.41) is 2.91. The Balaban J connectivity index is 2.23. The summed E-state index contributed by atoms with van der Waals surface area (Å²) in [6.07, 6.45) is 2.63. The van der Waals surface area contributed by atoms with Gasteiger partial charge in [-0.3, -0.25) is 4.79 Å². The molecule has 0 N–H and O–H groups in total. The van der Waals surface area contributed by atoms with Gasteiger partial charge in [0, 0.05) is 12.3 Å². The Morgan fingerprint density at radius 2 is 2.40 bits per heavy atom. The minimum Gasteiger partial charge on any atom is -0.452 e. The SMILES string of the molecule is C=C[C@@H]1CN(C(=O)OC)N2C(=O)CC[C@@H]12. The molecule has 2 atom stereocenters. The minimum atomic E-state index is -0.473. The summed E-state index contributed by atoms with van der Waals surface area (Å²) in [6.45, 7) is 4.22. The van der Waals surface area contributed by atoms with Gasteiger partial charge in [0.15, 0.2) is 0 Å². The number of fused-ring (bicyclic) bond motifs is 1. The van der Waals surface area contributed by atoms with Crippen molar-refractivity contribution in [3.8, 4) is 0 Å². The third-order valence-electron chi connectivity index (χ3n) is 3.05. The van der Waals surface area contributed by atoms with Crippen molar-refractivity contribution in [2.75, 3.05) is 13.7 Å². The van der Waals surface area contributed by atoms with Crippen LogP contribution >= 0.6 is 0 Å². The van der Waals surface area contributed by atoms with Gasteiger partial charge in [-0.1, -0.05) is 6.08 Å². The summed E-state index contributed by atoms with van der Waals surface area (Å²) in [5.74, 6) is 0.158. The first kappa shape index (κ1) is 10.0. The molecule has 0 unspecified atom stereocenters. The molecule has 15 heavy (non-hydrogen) atoms. The molecule has 2 rings (SSSR count). The second kappa shape index (κ2) is 3.56. The summed E-state index contributed by atoms with van der Waals surface area (Å²) >= 11 is 0. The number of carbonyl (C=O) groups excluding carboxylic acids is 2. The summed E-state index contributed by atoms with van der Waals surface area (Å²) in [5.41, 5.74) is 0. The van der Waals surface area contributed by atoms with Crippen molar-refractivity contribution in [3.63, 3.8) is 0 Å². The number of hydrogen-bond donors (Lipinski definition) is 0. The molecule has 2 fully saturated rings. The van der Waals surface area contributed by atoms with E-state index in [-0.39, 0.29) is 17.9 Å². The molecule has 0 aromatic carbocycles. The average Bonchev–Trinajstić information content (AvgIpc) is 2.78. The van der Waals surface area contributed by atoms with Gasteiger partial charge in [0.05, 0.1) is 19.7 Å². The summed E-state index contributed by atoms with van der Waals surface area (Å²) < 4.78 is 4.64. The molecule has 0 bridgehead atoms. The van der Waals surface area contributed by atoms with E-state index in [0.717, 1.165) is 6.42 Å². The quantitative estimate of drug-likeness (QED) is 0.601. The van der Waals surface area contributed by atoms with Crippen molar-refractivity contribution in [1.82, 2.24) is 10.0 Å². The van der Waals surface area contributed by atoms with Crippen molar-refractivity contribution in [1.29, 1.82) is 0 Å². The molecule has 0 saturated carbocycles. The van der Waals surface area contributed by atoms with Crippen molar-refractivity contribution < 1.29 is 14.3 Å². The molecule has 2 aliphatic rings. The van der Waals surface area contributed by atoms with E-state index in [9.17, 15) is 9.59 Å². The van der Waals surface area contributed by atoms with Crippen LogP contribution in [-0.4, -0.2) is 41.7 Å². The molecule has 0 radical (unpaired) electrons. The highest BCUT2D eigenvalue weighted by molar-refractivity contribution is 5.82. The molecule has 2 amide bonds. The van der Waals surface area contributed by atoms with Crippen LogP contribution in [0.15, 0.2) is 12.7 Å². The summed E-state index contributed by atoms with van der Waals surface area (Å²) in [4.78, 5) is 23.0. The third-order valence-corrected chi connectivity index (χ3v) is 3.05. The van der Waals surface area contributed by atoms with Crippen LogP contribution in [0.3, 0.4) is 0 Å². The molecule has 2 saturated heterocycles. The van der Waals surface area contributed by atoms with Gasteiger partial charge in [-0.05, 0) is 6.42 Å². The topological polar surface area (TPSA) is 49.9 Å². The molecular weight excluding hydrogens is 196 g/mol. The Bertz CT molecular complexity index is 316. The lowest BCUT2D eigenvalue weighted by molar-refractivity contribution is -0.139. The standard InChI is InChI=1S/C10H14N2O3/c1-3-7-6-11(10(14)15-2)12-8(7)4-5-9(12)13/h3,7-8H,1,4-6H2,2H3/t7-,8+/m1/s1. The Morgan fingerprint density at radius 3 is 3.00 bits per heavy atom. The van der Waals surface area contributed by atoms with Crippen molar-refractivity contribution >= 4 is 12.0 Å². The fourth-order valence-electron chi connectivity index (χ4n) is 2.31. The van der Waals surface area contributed by atoms with Gasteiger partial charge < -0.3 is 4.74 Å². The lowest BCUT2D eigenvalue weighted by atomic mass is 10.0. The highest BCUT2D eigenvalue weighted by atomic mass is 16.5. The van der Waals surface area contributed by atoms with E-state index in [1.165, 1.54) is 17.1 Å². The number of rotatable bonds is 1. The second-order valence-electron chi connectivity index (χ2n) is 3.80. The van der Waals surface area contributed by atoms with Crippen LogP contribution in [0.5, 0.6) is 0 Å². The van der Waals surface area contributed by atoms with Gasteiger partial charge in [0.2, 0.25) is 5.91 Å². The Labute approximate surface area is 88.2 Å². The molecule has 0 aliphatic carbocycles. The fourth-order valence-corrected chi connectivity index (χ4v) is 2.31. The molecular formula is C10H14N2O3. The maximum atomic E-state index is 11.6. The largest absolute Gasteiger partial charge is 0.452 e. The second-order valence-corrected chi connectivity index (χ2v) is 3.80. The zero-order valence-electron chi connectivity index (χ0n) is 8.68. The number of hydrogen-bond acceptors (Lipinski definition) is 3. The van der Waals surface area contributed by atoms with Gasteiger partial charge in [-0.15, -0.1) is 6.58 Å². The molecule has 5 nitrogen and oxygen atoms in total. The molecule has 2 aliphatic heterocycles. The first-order valence-corrected chi connectivity index (χ1v) is 4.99. The Morgan fingerprint density at radius 1 is 1.67 bits per heavy atom. The van der Waals surface area contributed by atoms with Crippen LogP contribution in [0.1, 0.15) is 12.8 Å². The minimum absolute atomic E-state index is 0.00486. The first-order valence-electron chi connectivity index (χ1n) is 4.99. The van der Waals surface area contributed by atoms with Gasteiger partial charge in [0.25, 0.3) is 0 Å². The van der Waals surface area contributed by atoms with Gasteiger partial charge in [-0.2, -0.15) is 0 Å². The number of carbonyl (C=O) groups is 2. The first-order chi connectivity index (χ1) is 7.19. The van der Waals surface area contributed by atoms with E-state index in [1.807, 2.05) is 0 Å². The molecule has 0 spiro atoms. The van der Waals surface area contributed by atoms with Crippen molar-refractivity contribution in [2.45, 2.75) is 18.9 Å². The monoisotopic (exact) mass is 210 g/mol. The molecule has 0 aromatic rings. The van der Waals surface area contributed by atoms with Gasteiger partial charge >= 0.3 is 6.09 Å². The van der Waals surface area contributed by atoms with Crippen LogP contribution in [0.4, 0.5) is 4.79 Å². The van der Waals surface area contributed by atoms with Crippen LogP contribution in [0, 0.1) is 5.92 Å². The van der Waals surface area contributed by atoms with E-state index in [1.54, 1.807) is 6.08 Å². The highest BCUT2D eigenvalue weighted by Crippen LogP contribution is 2.34. The number of amides is 2. The van der Waals surface area contributed by atoms with Crippen LogP contribution < -0.4 is 0 Å². The van der Waals surface area contributed by atoms with Crippen LogP contribution in [-0.2, 0) is 9.53 Å². The number of methoxy groups -OCH3 is 1. The highest BCUT2D eigenvalue weighted by Gasteiger charge is 2.47. The predicted molar refractivity (Wildman–Crippen MR) is 52.7 cm³/mol. The van der Waals surface area contributed by atoms with Crippen molar-refractivity contribution in [3.05, 3.63) is 12.7 Å². The van der Waals surface area contributed by atoms with Crippen molar-refractivity contribution in [2.24, 2.45) is 5.92 Å². The molecule has 82 valence electrons. The summed E-state index contributed by atoms with van der Waals surface area (Å²) in [7, 11) is 1.32. The van der Waals surface area contributed by atoms with E-state index >= 15 is 0 Å². The number of ether oxygens (including phenoxy) is 1. The molecule has 0 aromatic heterocycles. The maximum Gasteiger partial charge on any atom is 0.428 e. The van der Waals surface area contributed by atoms with Crippen LogP contribution in [0.2, 0.25) is 0 Å². The normalized spacial score (nSPS) is 29.3. The predicted octanol–water partition coefficient (Wildman–Crippen LogP) is 0.777. The Kier molecular flexibility index (Phi) is 2.38. The average molecular weight is 210 g/mol. The van der Waals surface area contributed by atoms with E-state index in [2.05, 4.69) is 11.3 Å². The smallest absolute Gasteiger partial charge is 0.428 e. The number of nitrogens with zero attached hydrogens (tertiary/aromatic N) is 2. The van der Waals surface area contributed by atoms with E-state index in [0.29, 0.717) is 13.0 Å². The maximum absolute atomic E-state index is 11.6. The Hall–Kier alpha value is -1.52.